The van der Waals surface area contributed by atoms with Gasteiger partial charge in [-0.1, -0.05) is 29.5 Å². The molecule has 0 aliphatic carbocycles. The van der Waals surface area contributed by atoms with Crippen molar-refractivity contribution in [3.8, 4) is 11.3 Å². The first-order chi connectivity index (χ1) is 14.7. The van der Waals surface area contributed by atoms with Crippen molar-refractivity contribution in [1.29, 1.82) is 0 Å². The first-order valence-corrected chi connectivity index (χ1v) is 11.4. The summed E-state index contributed by atoms with van der Waals surface area (Å²) >= 11 is 3.06. The maximum Gasteiger partial charge on any atom is 0.265 e. The topological polar surface area (TPSA) is 67.4 Å². The Hall–Kier alpha value is -2.81. The van der Waals surface area contributed by atoms with Crippen molar-refractivity contribution in [1.82, 2.24) is 9.97 Å². The molecule has 1 N–H and O–H groups in total. The summed E-state index contributed by atoms with van der Waals surface area (Å²) in [5.74, 6) is -0.112. The molecule has 0 saturated carbocycles. The van der Waals surface area contributed by atoms with Crippen LogP contribution in [0.25, 0.3) is 20.8 Å². The number of pyridine rings is 1. The van der Waals surface area contributed by atoms with E-state index in [0.29, 0.717) is 4.88 Å². The molecule has 1 fully saturated rings. The van der Waals surface area contributed by atoms with Gasteiger partial charge in [0.2, 0.25) is 0 Å². The lowest BCUT2D eigenvalue weighted by molar-refractivity contribution is 0.103. The van der Waals surface area contributed by atoms with Crippen LogP contribution in [0.15, 0.2) is 48.7 Å². The average Bonchev–Trinajstić information content (AvgIpc) is 3.35. The molecule has 1 aliphatic rings. The monoisotopic (exact) mass is 436 g/mol. The van der Waals surface area contributed by atoms with Gasteiger partial charge >= 0.3 is 0 Å². The Labute approximate surface area is 182 Å². The summed E-state index contributed by atoms with van der Waals surface area (Å²) in [5.41, 5.74) is 3.82. The zero-order valence-electron chi connectivity index (χ0n) is 16.4. The standard InChI is InChI=1S/C22H20N4O2S2/c1-14-2-7-17(23-13-14)15-3-5-16(6-4-15)24-20(27)18-12-19-21(29-18)25-22(30-19)26-8-10-28-11-9-26/h2-7,12-13H,8-11H2,1H3,(H,24,27). The fraction of sp³-hybridized carbons (Fsp3) is 0.227. The van der Waals surface area contributed by atoms with E-state index < -0.39 is 0 Å². The number of amides is 1. The number of thiazole rings is 1. The van der Waals surface area contributed by atoms with Crippen LogP contribution in [0.2, 0.25) is 0 Å². The highest BCUT2D eigenvalue weighted by atomic mass is 32.1. The Morgan fingerprint density at radius 3 is 2.60 bits per heavy atom. The number of carbonyl (C=O) groups is 1. The van der Waals surface area contributed by atoms with Crippen molar-refractivity contribution in [3.05, 3.63) is 59.1 Å². The third-order valence-corrected chi connectivity index (χ3v) is 7.15. The van der Waals surface area contributed by atoms with E-state index in [2.05, 4.69) is 15.2 Å². The van der Waals surface area contributed by atoms with E-state index in [0.717, 1.165) is 63.5 Å². The number of hydrogen-bond donors (Lipinski definition) is 1. The first kappa shape index (κ1) is 19.2. The second-order valence-electron chi connectivity index (χ2n) is 7.13. The Morgan fingerprint density at radius 1 is 1.10 bits per heavy atom. The van der Waals surface area contributed by atoms with Gasteiger partial charge in [-0.15, -0.1) is 11.3 Å². The zero-order valence-corrected chi connectivity index (χ0v) is 18.1. The van der Waals surface area contributed by atoms with Crippen molar-refractivity contribution in [3.63, 3.8) is 0 Å². The minimum atomic E-state index is -0.112. The molecule has 1 saturated heterocycles. The van der Waals surface area contributed by atoms with Gasteiger partial charge in [-0.25, -0.2) is 4.98 Å². The Morgan fingerprint density at radius 2 is 1.90 bits per heavy atom. The second kappa shape index (κ2) is 8.14. The highest BCUT2D eigenvalue weighted by Crippen LogP contribution is 2.35. The van der Waals surface area contributed by atoms with Crippen molar-refractivity contribution in [2.45, 2.75) is 6.92 Å². The van der Waals surface area contributed by atoms with Crippen molar-refractivity contribution < 1.29 is 9.53 Å². The predicted molar refractivity (Wildman–Crippen MR) is 123 cm³/mol. The molecule has 30 heavy (non-hydrogen) atoms. The molecule has 0 atom stereocenters. The van der Waals surface area contributed by atoms with Gasteiger partial charge in [-0.3, -0.25) is 9.78 Å². The van der Waals surface area contributed by atoms with Gasteiger partial charge in [0, 0.05) is 30.5 Å². The third-order valence-electron chi connectivity index (χ3n) is 4.93. The molecule has 1 aliphatic heterocycles. The third kappa shape index (κ3) is 3.94. The fourth-order valence-corrected chi connectivity index (χ4v) is 5.44. The van der Waals surface area contributed by atoms with Crippen LogP contribution in [0.5, 0.6) is 0 Å². The molecule has 3 aromatic heterocycles. The summed E-state index contributed by atoms with van der Waals surface area (Å²) in [6.07, 6.45) is 1.85. The molecular weight excluding hydrogens is 416 g/mol. The number of thiophene rings is 1. The van der Waals surface area contributed by atoms with Crippen LogP contribution in [-0.4, -0.2) is 42.2 Å². The summed E-state index contributed by atoms with van der Waals surface area (Å²) < 4.78 is 6.45. The summed E-state index contributed by atoms with van der Waals surface area (Å²) in [4.78, 5) is 25.7. The second-order valence-corrected chi connectivity index (χ2v) is 9.17. The van der Waals surface area contributed by atoms with Crippen LogP contribution in [-0.2, 0) is 4.74 Å². The van der Waals surface area contributed by atoms with Crippen LogP contribution in [0, 0.1) is 6.92 Å². The molecule has 1 aromatic carbocycles. The van der Waals surface area contributed by atoms with Crippen molar-refractivity contribution in [2.75, 3.05) is 36.5 Å². The van der Waals surface area contributed by atoms with E-state index in [4.69, 9.17) is 9.72 Å². The van der Waals surface area contributed by atoms with Crippen molar-refractivity contribution >= 4 is 48.9 Å². The highest BCUT2D eigenvalue weighted by molar-refractivity contribution is 7.29. The van der Waals surface area contributed by atoms with Gasteiger partial charge < -0.3 is 15.0 Å². The summed E-state index contributed by atoms with van der Waals surface area (Å²) in [6.45, 7) is 5.22. The van der Waals surface area contributed by atoms with E-state index in [1.165, 1.54) is 11.3 Å². The minimum Gasteiger partial charge on any atom is -0.378 e. The van der Waals surface area contributed by atoms with Gasteiger partial charge in [-0.2, -0.15) is 0 Å². The number of aromatic nitrogens is 2. The number of fused-ring (bicyclic) bond motifs is 1. The molecule has 152 valence electrons. The van der Waals surface area contributed by atoms with Crippen LogP contribution < -0.4 is 10.2 Å². The maximum absolute atomic E-state index is 12.7. The summed E-state index contributed by atoms with van der Waals surface area (Å²) in [6, 6.07) is 13.7. The first-order valence-electron chi connectivity index (χ1n) is 9.73. The molecule has 5 rings (SSSR count). The molecule has 4 heterocycles. The number of morpholine rings is 1. The number of nitrogens with zero attached hydrogens (tertiary/aromatic N) is 3. The number of carbonyl (C=O) groups excluding carboxylic acids is 1. The number of aryl methyl sites for hydroxylation is 1. The molecule has 4 aromatic rings. The Kier molecular flexibility index (Phi) is 5.20. The molecule has 6 nitrogen and oxygen atoms in total. The fourth-order valence-electron chi connectivity index (χ4n) is 3.28. The van der Waals surface area contributed by atoms with Crippen LogP contribution in [0.1, 0.15) is 15.2 Å². The molecular formula is C22H20N4O2S2. The number of ether oxygens (including phenoxy) is 1. The van der Waals surface area contributed by atoms with Crippen molar-refractivity contribution in [2.24, 2.45) is 0 Å². The maximum atomic E-state index is 12.7. The van der Waals surface area contributed by atoms with Gasteiger partial charge in [-0.05, 0) is 36.8 Å². The molecule has 0 bridgehead atoms. The molecule has 0 radical (unpaired) electrons. The van der Waals surface area contributed by atoms with E-state index in [1.807, 2.05) is 55.6 Å². The van der Waals surface area contributed by atoms with E-state index in [1.54, 1.807) is 11.3 Å². The minimum absolute atomic E-state index is 0.112. The summed E-state index contributed by atoms with van der Waals surface area (Å²) in [5, 5.41) is 3.98. The van der Waals surface area contributed by atoms with E-state index >= 15 is 0 Å². The number of nitrogens with one attached hydrogen (secondary N) is 1. The normalized spacial score (nSPS) is 14.2. The number of rotatable bonds is 4. The number of benzene rings is 1. The molecule has 0 spiro atoms. The summed E-state index contributed by atoms with van der Waals surface area (Å²) in [7, 11) is 0. The quantitative estimate of drug-likeness (QED) is 0.497. The van der Waals surface area contributed by atoms with E-state index in [9.17, 15) is 4.79 Å². The van der Waals surface area contributed by atoms with Crippen LogP contribution >= 0.6 is 22.7 Å². The smallest absolute Gasteiger partial charge is 0.265 e. The molecule has 8 heteroatoms. The van der Waals surface area contributed by atoms with Gasteiger partial charge in [0.1, 0.15) is 4.83 Å². The SMILES string of the molecule is Cc1ccc(-c2ccc(NC(=O)c3cc4sc(N5CCOCC5)nc4s3)cc2)nc1. The highest BCUT2D eigenvalue weighted by Gasteiger charge is 2.19. The number of anilines is 2. The Bertz CT molecular complexity index is 1140. The predicted octanol–water partition coefficient (Wildman–Crippen LogP) is 4.82. The largest absolute Gasteiger partial charge is 0.378 e. The van der Waals surface area contributed by atoms with Crippen LogP contribution in [0.3, 0.4) is 0 Å². The van der Waals surface area contributed by atoms with Gasteiger partial charge in [0.15, 0.2) is 5.13 Å². The molecule has 0 unspecified atom stereocenters. The Balaban J connectivity index is 1.28. The van der Waals surface area contributed by atoms with Gasteiger partial charge in [0.25, 0.3) is 5.91 Å². The number of hydrogen-bond acceptors (Lipinski definition) is 7. The molecule has 1 amide bonds. The lowest BCUT2D eigenvalue weighted by atomic mass is 10.1. The average molecular weight is 437 g/mol. The lowest BCUT2D eigenvalue weighted by Gasteiger charge is -2.25. The van der Waals surface area contributed by atoms with Gasteiger partial charge in [0.05, 0.1) is 28.5 Å². The zero-order chi connectivity index (χ0) is 20.5. The lowest BCUT2D eigenvalue weighted by Crippen LogP contribution is -2.36. The van der Waals surface area contributed by atoms with Crippen LogP contribution in [0.4, 0.5) is 10.8 Å². The van der Waals surface area contributed by atoms with E-state index in [-0.39, 0.29) is 5.91 Å².